The zero-order chi connectivity index (χ0) is 15.7. The lowest BCUT2D eigenvalue weighted by Gasteiger charge is -2.10. The molecule has 0 bridgehead atoms. The molecule has 1 aromatic carbocycles. The van der Waals surface area contributed by atoms with Crippen LogP contribution in [0, 0.1) is 4.77 Å². The zero-order valence-electron chi connectivity index (χ0n) is 11.1. The Morgan fingerprint density at radius 2 is 2.14 bits per heavy atom. The van der Waals surface area contributed by atoms with E-state index in [9.17, 15) is 9.59 Å². The summed E-state index contributed by atoms with van der Waals surface area (Å²) in [4.78, 5) is 30.4. The van der Waals surface area contributed by atoms with Gasteiger partial charge >= 0.3 is 5.97 Å². The molecule has 0 spiro atoms. The highest BCUT2D eigenvalue weighted by Crippen LogP contribution is 2.11. The minimum Gasteiger partial charge on any atom is -0.478 e. The topological polar surface area (TPSA) is 100 Å². The van der Waals surface area contributed by atoms with Crippen molar-refractivity contribution >= 4 is 34.9 Å². The van der Waals surface area contributed by atoms with Crippen molar-refractivity contribution in [2.75, 3.05) is 5.43 Å². The van der Waals surface area contributed by atoms with Crippen molar-refractivity contribution in [1.29, 1.82) is 0 Å². The highest BCUT2D eigenvalue weighted by Gasteiger charge is 2.09. The number of nitrogens with zero attached hydrogens (tertiary/aromatic N) is 2. The van der Waals surface area contributed by atoms with E-state index in [1.54, 1.807) is 24.4 Å². The third-order valence-corrected chi connectivity index (χ3v) is 3.32. The number of carboxylic acids is 1. The zero-order valence-corrected chi connectivity index (χ0v) is 11.9. The Morgan fingerprint density at radius 1 is 1.32 bits per heavy atom. The molecule has 0 atom stereocenters. The summed E-state index contributed by atoms with van der Waals surface area (Å²) in [5.41, 5.74) is 2.87. The first-order chi connectivity index (χ1) is 10.6. The number of hydrogen-bond donors (Lipinski definition) is 3. The van der Waals surface area contributed by atoms with Crippen molar-refractivity contribution in [2.45, 2.75) is 0 Å². The molecule has 3 rings (SSSR count). The van der Waals surface area contributed by atoms with Crippen LogP contribution in [-0.4, -0.2) is 25.7 Å². The molecule has 0 saturated carbocycles. The highest BCUT2D eigenvalue weighted by molar-refractivity contribution is 7.71. The molecule has 8 heteroatoms. The largest absolute Gasteiger partial charge is 0.478 e. The summed E-state index contributed by atoms with van der Waals surface area (Å²) < 4.78 is 1.27. The fraction of sp³-hybridized carbons (Fsp3) is 0. The number of rotatable bonds is 3. The standard InChI is InChI=1S/C14H10N4O3S/c19-12-9-5-4-8(13(20)21)7-10(9)16-14(22)18(12)17-11-3-1-2-6-15-11/h1-7H,(H,15,17)(H,16,22)(H,20,21). The van der Waals surface area contributed by atoms with Gasteiger partial charge in [-0.3, -0.25) is 10.2 Å². The molecule has 22 heavy (non-hydrogen) atoms. The van der Waals surface area contributed by atoms with Gasteiger partial charge in [-0.15, -0.1) is 0 Å². The number of H-pyrrole nitrogens is 1. The number of carbonyl (C=O) groups is 1. The van der Waals surface area contributed by atoms with Gasteiger partial charge in [0.2, 0.25) is 0 Å². The molecule has 2 heterocycles. The first kappa shape index (κ1) is 14.0. The number of hydrogen-bond acceptors (Lipinski definition) is 5. The number of pyridine rings is 1. The van der Waals surface area contributed by atoms with Crippen LogP contribution in [-0.2, 0) is 0 Å². The number of carboxylic acid groups (broad SMARTS) is 1. The second-order valence-corrected chi connectivity index (χ2v) is 4.85. The summed E-state index contributed by atoms with van der Waals surface area (Å²) in [5, 5.41) is 9.31. The van der Waals surface area contributed by atoms with Crippen molar-refractivity contribution < 1.29 is 9.90 Å². The van der Waals surface area contributed by atoms with Crippen LogP contribution >= 0.6 is 12.2 Å². The molecule has 3 aromatic rings. The lowest BCUT2D eigenvalue weighted by atomic mass is 10.1. The van der Waals surface area contributed by atoms with Crippen LogP contribution in [0.4, 0.5) is 5.82 Å². The first-order valence-electron chi connectivity index (χ1n) is 6.27. The summed E-state index contributed by atoms with van der Waals surface area (Å²) in [6.45, 7) is 0. The van der Waals surface area contributed by atoms with E-state index in [0.29, 0.717) is 16.7 Å². The third kappa shape index (κ3) is 2.47. The molecule has 0 amide bonds. The number of aromatic carboxylic acids is 1. The summed E-state index contributed by atoms with van der Waals surface area (Å²) in [6.07, 6.45) is 1.58. The Kier molecular flexibility index (Phi) is 3.43. The quantitative estimate of drug-likeness (QED) is 0.640. The van der Waals surface area contributed by atoms with Crippen molar-refractivity contribution in [3.63, 3.8) is 0 Å². The maximum atomic E-state index is 12.5. The number of aromatic nitrogens is 3. The summed E-state index contributed by atoms with van der Waals surface area (Å²) >= 11 is 5.14. The van der Waals surface area contributed by atoms with E-state index < -0.39 is 5.97 Å². The van der Waals surface area contributed by atoms with Gasteiger partial charge in [0.05, 0.1) is 16.5 Å². The van der Waals surface area contributed by atoms with Gasteiger partial charge < -0.3 is 10.1 Å². The van der Waals surface area contributed by atoms with Gasteiger partial charge in [0.15, 0.2) is 4.77 Å². The molecule has 3 N–H and O–H groups in total. The monoisotopic (exact) mass is 314 g/mol. The predicted molar refractivity (Wildman–Crippen MR) is 83.6 cm³/mol. The van der Waals surface area contributed by atoms with Crippen LogP contribution in [0.1, 0.15) is 10.4 Å². The van der Waals surface area contributed by atoms with Crippen LogP contribution in [0.3, 0.4) is 0 Å². The van der Waals surface area contributed by atoms with E-state index in [0.717, 1.165) is 4.68 Å². The molecule has 0 unspecified atom stereocenters. The minimum atomic E-state index is -1.07. The SMILES string of the molecule is O=C(O)c1ccc2c(=O)n(Nc3ccccn3)c(=S)[nH]c2c1. The molecule has 0 radical (unpaired) electrons. The van der Waals surface area contributed by atoms with Gasteiger partial charge in [-0.1, -0.05) is 6.07 Å². The minimum absolute atomic E-state index is 0.0768. The van der Waals surface area contributed by atoms with Gasteiger partial charge in [-0.2, -0.15) is 4.68 Å². The van der Waals surface area contributed by atoms with Gasteiger partial charge in [0, 0.05) is 6.20 Å². The van der Waals surface area contributed by atoms with E-state index >= 15 is 0 Å². The van der Waals surface area contributed by atoms with Gasteiger partial charge in [0.1, 0.15) is 5.82 Å². The van der Waals surface area contributed by atoms with E-state index in [1.165, 1.54) is 18.2 Å². The van der Waals surface area contributed by atoms with Crippen LogP contribution in [0.2, 0.25) is 0 Å². The molecular weight excluding hydrogens is 304 g/mol. The van der Waals surface area contributed by atoms with Gasteiger partial charge in [0.25, 0.3) is 5.56 Å². The van der Waals surface area contributed by atoms with Gasteiger partial charge in [-0.05, 0) is 42.5 Å². The number of nitrogens with one attached hydrogen (secondary N) is 2. The van der Waals surface area contributed by atoms with Gasteiger partial charge in [-0.25, -0.2) is 9.78 Å². The molecule has 0 saturated heterocycles. The van der Waals surface area contributed by atoms with Crippen LogP contribution < -0.4 is 11.0 Å². The van der Waals surface area contributed by atoms with E-state index in [1.807, 2.05) is 0 Å². The summed E-state index contributed by atoms with van der Waals surface area (Å²) in [7, 11) is 0. The Balaban J connectivity index is 2.17. The Labute approximate surface area is 128 Å². The molecular formula is C14H10N4O3S. The molecule has 0 fully saturated rings. The second-order valence-electron chi connectivity index (χ2n) is 4.46. The molecule has 0 aliphatic heterocycles. The van der Waals surface area contributed by atoms with Crippen molar-refractivity contribution in [3.8, 4) is 0 Å². The average molecular weight is 314 g/mol. The first-order valence-corrected chi connectivity index (χ1v) is 6.67. The normalized spacial score (nSPS) is 10.5. The molecule has 110 valence electrons. The average Bonchev–Trinajstić information content (AvgIpc) is 2.52. The Morgan fingerprint density at radius 3 is 2.82 bits per heavy atom. The fourth-order valence-electron chi connectivity index (χ4n) is 2.00. The van der Waals surface area contributed by atoms with E-state index in [-0.39, 0.29) is 15.9 Å². The smallest absolute Gasteiger partial charge is 0.335 e. The molecule has 7 nitrogen and oxygen atoms in total. The molecule has 0 aliphatic carbocycles. The summed E-state index contributed by atoms with van der Waals surface area (Å²) in [6, 6.07) is 9.41. The third-order valence-electron chi connectivity index (χ3n) is 3.04. The van der Waals surface area contributed by atoms with Crippen LogP contribution in [0.5, 0.6) is 0 Å². The van der Waals surface area contributed by atoms with E-state index in [4.69, 9.17) is 17.3 Å². The second kappa shape index (κ2) is 5.41. The number of benzene rings is 1. The number of fused-ring (bicyclic) bond motifs is 1. The maximum absolute atomic E-state index is 12.5. The lowest BCUT2D eigenvalue weighted by molar-refractivity contribution is 0.0697. The number of aromatic amines is 1. The summed E-state index contributed by atoms with van der Waals surface area (Å²) in [5.74, 6) is -0.609. The lowest BCUT2D eigenvalue weighted by Crippen LogP contribution is -2.28. The Bertz CT molecular complexity index is 979. The highest BCUT2D eigenvalue weighted by atomic mass is 32.1. The van der Waals surface area contributed by atoms with Crippen molar-refractivity contribution in [3.05, 3.63) is 63.3 Å². The van der Waals surface area contributed by atoms with Crippen LogP contribution in [0.15, 0.2) is 47.4 Å². The number of anilines is 1. The van der Waals surface area contributed by atoms with Crippen molar-refractivity contribution in [1.82, 2.24) is 14.6 Å². The van der Waals surface area contributed by atoms with Crippen molar-refractivity contribution in [2.24, 2.45) is 0 Å². The fourth-order valence-corrected chi connectivity index (χ4v) is 2.23. The maximum Gasteiger partial charge on any atom is 0.335 e. The Hall–Kier alpha value is -3.00. The van der Waals surface area contributed by atoms with E-state index in [2.05, 4.69) is 15.4 Å². The predicted octanol–water partition coefficient (Wildman–Crippen LogP) is 2.03. The molecule has 2 aromatic heterocycles. The van der Waals surface area contributed by atoms with Crippen LogP contribution in [0.25, 0.3) is 10.9 Å². The molecule has 0 aliphatic rings.